The Bertz CT molecular complexity index is 458. The number of nitrogens with one attached hydrogen (secondary N) is 1. The third-order valence-corrected chi connectivity index (χ3v) is 2.42. The van der Waals surface area contributed by atoms with Gasteiger partial charge in [-0.1, -0.05) is 30.3 Å². The largest absolute Gasteiger partial charge is 0.479 e. The molecule has 0 radical (unpaired) electrons. The first-order valence-corrected chi connectivity index (χ1v) is 5.26. The quantitative estimate of drug-likeness (QED) is 0.837. The van der Waals surface area contributed by atoms with Crippen LogP contribution in [-0.4, -0.2) is 35.0 Å². The molecule has 0 bridgehead atoms. The smallest absolute Gasteiger partial charge is 0.330 e. The van der Waals surface area contributed by atoms with E-state index in [9.17, 15) is 14.4 Å². The summed E-state index contributed by atoms with van der Waals surface area (Å²) >= 11 is 0. The highest BCUT2D eigenvalue weighted by Crippen LogP contribution is 2.12. The minimum atomic E-state index is -1.19. The lowest BCUT2D eigenvalue weighted by Gasteiger charge is -2.19. The van der Waals surface area contributed by atoms with E-state index in [1.165, 1.54) is 14.0 Å². The first-order chi connectivity index (χ1) is 8.43. The molecule has 0 heterocycles. The summed E-state index contributed by atoms with van der Waals surface area (Å²) < 4.78 is 0. The van der Waals surface area contributed by atoms with Crippen molar-refractivity contribution in [2.75, 3.05) is 7.05 Å². The third kappa shape index (κ3) is 3.31. The van der Waals surface area contributed by atoms with Crippen LogP contribution in [0.2, 0.25) is 0 Å². The number of carboxylic acid groups (broad SMARTS) is 1. The summed E-state index contributed by atoms with van der Waals surface area (Å²) in [5, 5.41) is 11.4. The monoisotopic (exact) mass is 250 g/mol. The van der Waals surface area contributed by atoms with Crippen molar-refractivity contribution in [1.29, 1.82) is 0 Å². The molecule has 0 aromatic heterocycles. The van der Waals surface area contributed by atoms with Gasteiger partial charge in [0.2, 0.25) is 5.91 Å². The molecular weight excluding hydrogens is 236 g/mol. The van der Waals surface area contributed by atoms with Crippen LogP contribution in [0.3, 0.4) is 0 Å². The van der Waals surface area contributed by atoms with Crippen molar-refractivity contribution >= 4 is 17.9 Å². The normalized spacial score (nSPS) is 11.4. The molecule has 0 aliphatic carbocycles. The molecule has 1 aromatic rings. The molecule has 0 fully saturated rings. The van der Waals surface area contributed by atoms with E-state index in [4.69, 9.17) is 5.11 Å². The molecule has 1 atom stereocenters. The van der Waals surface area contributed by atoms with Crippen LogP contribution in [0, 0.1) is 0 Å². The van der Waals surface area contributed by atoms with Crippen molar-refractivity contribution in [1.82, 2.24) is 10.2 Å². The van der Waals surface area contributed by atoms with Gasteiger partial charge in [-0.15, -0.1) is 0 Å². The Hall–Kier alpha value is -2.37. The molecule has 6 nitrogen and oxygen atoms in total. The van der Waals surface area contributed by atoms with Gasteiger partial charge in [0.1, 0.15) is 0 Å². The molecule has 3 amide bonds. The highest BCUT2D eigenvalue weighted by Gasteiger charge is 2.24. The number of nitrogens with zero attached hydrogens (tertiary/aromatic N) is 1. The van der Waals surface area contributed by atoms with E-state index in [2.05, 4.69) is 5.32 Å². The maximum Gasteiger partial charge on any atom is 0.330 e. The number of urea groups is 1. The zero-order chi connectivity index (χ0) is 13.7. The van der Waals surface area contributed by atoms with Gasteiger partial charge < -0.3 is 10.4 Å². The van der Waals surface area contributed by atoms with Crippen LogP contribution in [0.4, 0.5) is 4.79 Å². The molecule has 1 unspecified atom stereocenters. The highest BCUT2D eigenvalue weighted by molar-refractivity contribution is 5.94. The number of imide groups is 1. The lowest BCUT2D eigenvalue weighted by atomic mass is 10.1. The van der Waals surface area contributed by atoms with Crippen LogP contribution < -0.4 is 5.32 Å². The van der Waals surface area contributed by atoms with Gasteiger partial charge in [-0.2, -0.15) is 0 Å². The van der Waals surface area contributed by atoms with Gasteiger partial charge >= 0.3 is 12.0 Å². The van der Waals surface area contributed by atoms with E-state index in [0.717, 1.165) is 4.90 Å². The molecule has 2 N–H and O–H groups in total. The van der Waals surface area contributed by atoms with Gasteiger partial charge in [-0.3, -0.25) is 9.69 Å². The number of aliphatic carboxylic acids is 1. The van der Waals surface area contributed by atoms with Gasteiger partial charge in [-0.05, 0) is 5.56 Å². The Morgan fingerprint density at radius 2 is 1.78 bits per heavy atom. The summed E-state index contributed by atoms with van der Waals surface area (Å²) in [5.41, 5.74) is 0.440. The molecule has 0 saturated heterocycles. The molecule has 0 aliphatic rings. The summed E-state index contributed by atoms with van der Waals surface area (Å²) in [6.07, 6.45) is 0. The van der Waals surface area contributed by atoms with Gasteiger partial charge in [0, 0.05) is 14.0 Å². The number of benzene rings is 1. The summed E-state index contributed by atoms with van der Waals surface area (Å²) in [4.78, 5) is 34.5. The molecule has 96 valence electrons. The lowest BCUT2D eigenvalue weighted by Crippen LogP contribution is -2.43. The van der Waals surface area contributed by atoms with Crippen molar-refractivity contribution in [3.8, 4) is 0 Å². The van der Waals surface area contributed by atoms with Crippen LogP contribution in [0.25, 0.3) is 0 Å². The second-order valence-corrected chi connectivity index (χ2v) is 3.71. The Kier molecular flexibility index (Phi) is 4.42. The van der Waals surface area contributed by atoms with Crippen LogP contribution >= 0.6 is 0 Å². The van der Waals surface area contributed by atoms with Crippen LogP contribution in [0.5, 0.6) is 0 Å². The van der Waals surface area contributed by atoms with Gasteiger partial charge in [0.15, 0.2) is 6.04 Å². The standard InChI is InChI=1S/C12H14N2O4/c1-8(15)14(2)12(18)13-10(11(16)17)9-6-4-3-5-7-9/h3-7,10H,1-2H3,(H,13,18)(H,16,17). The van der Waals surface area contributed by atoms with Gasteiger partial charge in [0.05, 0.1) is 0 Å². The number of amides is 3. The average Bonchev–Trinajstić information content (AvgIpc) is 2.35. The molecule has 0 saturated carbocycles. The van der Waals surface area contributed by atoms with Crippen molar-refractivity contribution < 1.29 is 19.5 Å². The topological polar surface area (TPSA) is 86.7 Å². The average molecular weight is 250 g/mol. The van der Waals surface area contributed by atoms with Crippen LogP contribution in [-0.2, 0) is 9.59 Å². The predicted molar refractivity (Wildman–Crippen MR) is 63.8 cm³/mol. The molecule has 1 rings (SSSR count). The van der Waals surface area contributed by atoms with E-state index >= 15 is 0 Å². The predicted octanol–water partition coefficient (Wildman–Crippen LogP) is 1.00. The van der Waals surface area contributed by atoms with E-state index in [0.29, 0.717) is 5.56 Å². The maximum absolute atomic E-state index is 11.6. The van der Waals surface area contributed by atoms with Crippen molar-refractivity contribution in [3.63, 3.8) is 0 Å². The molecule has 0 aliphatic heterocycles. The fourth-order valence-corrected chi connectivity index (χ4v) is 1.30. The zero-order valence-corrected chi connectivity index (χ0v) is 10.1. The Labute approximate surface area is 104 Å². The van der Waals surface area contributed by atoms with Crippen LogP contribution in [0.15, 0.2) is 30.3 Å². The second kappa shape index (κ2) is 5.81. The fourth-order valence-electron chi connectivity index (χ4n) is 1.30. The number of hydrogen-bond acceptors (Lipinski definition) is 3. The van der Waals surface area contributed by atoms with Crippen LogP contribution in [0.1, 0.15) is 18.5 Å². The Morgan fingerprint density at radius 3 is 2.22 bits per heavy atom. The Morgan fingerprint density at radius 1 is 1.22 bits per heavy atom. The zero-order valence-electron chi connectivity index (χ0n) is 10.1. The summed E-state index contributed by atoms with van der Waals surface area (Å²) in [7, 11) is 1.28. The molecule has 1 aromatic carbocycles. The van der Waals surface area contributed by atoms with Gasteiger partial charge in [-0.25, -0.2) is 9.59 Å². The van der Waals surface area contributed by atoms with E-state index in [-0.39, 0.29) is 0 Å². The first-order valence-electron chi connectivity index (χ1n) is 5.26. The fraction of sp³-hybridized carbons (Fsp3) is 0.250. The molecule has 18 heavy (non-hydrogen) atoms. The summed E-state index contributed by atoms with van der Waals surface area (Å²) in [6, 6.07) is 6.34. The minimum absolute atomic E-state index is 0.440. The first kappa shape index (κ1) is 13.7. The number of rotatable bonds is 3. The lowest BCUT2D eigenvalue weighted by molar-refractivity contribution is -0.139. The summed E-state index contributed by atoms with van der Waals surface area (Å²) in [6.45, 7) is 1.22. The molecular formula is C12H14N2O4. The van der Waals surface area contributed by atoms with Crippen molar-refractivity contribution in [3.05, 3.63) is 35.9 Å². The minimum Gasteiger partial charge on any atom is -0.479 e. The SMILES string of the molecule is CC(=O)N(C)C(=O)NC(C(=O)O)c1ccccc1. The second-order valence-electron chi connectivity index (χ2n) is 3.71. The van der Waals surface area contributed by atoms with E-state index in [1.54, 1.807) is 30.3 Å². The maximum atomic E-state index is 11.6. The Balaban J connectivity index is 2.86. The summed E-state index contributed by atoms with van der Waals surface area (Å²) in [5.74, 6) is -1.66. The number of hydrogen-bond donors (Lipinski definition) is 2. The van der Waals surface area contributed by atoms with Crippen molar-refractivity contribution in [2.24, 2.45) is 0 Å². The van der Waals surface area contributed by atoms with E-state index < -0.39 is 23.9 Å². The number of carbonyl (C=O) groups excluding carboxylic acids is 2. The van der Waals surface area contributed by atoms with Crippen molar-refractivity contribution in [2.45, 2.75) is 13.0 Å². The highest BCUT2D eigenvalue weighted by atomic mass is 16.4. The van der Waals surface area contributed by atoms with Gasteiger partial charge in [0.25, 0.3) is 0 Å². The molecule has 6 heteroatoms. The van der Waals surface area contributed by atoms with E-state index in [1.807, 2.05) is 0 Å². The third-order valence-electron chi connectivity index (χ3n) is 2.42. The number of carboxylic acids is 1. The number of carbonyl (C=O) groups is 3. The molecule has 0 spiro atoms.